The molecule has 3 saturated heterocycles. The molecular formula is C22H17F3N6O4S. The molecule has 7 rings (SSSR count). The molecule has 0 saturated carbocycles. The predicted molar refractivity (Wildman–Crippen MR) is 121 cm³/mol. The van der Waals surface area contributed by atoms with E-state index in [0.717, 1.165) is 12.5 Å². The second-order valence-corrected chi connectivity index (χ2v) is 9.46. The molecule has 1 amide bonds. The summed E-state index contributed by atoms with van der Waals surface area (Å²) in [5, 5.41) is 19.1. The van der Waals surface area contributed by atoms with Gasteiger partial charge in [0, 0.05) is 24.7 Å². The summed E-state index contributed by atoms with van der Waals surface area (Å²) >= 11 is 1.37. The van der Waals surface area contributed by atoms with Crippen LogP contribution in [0.1, 0.15) is 17.7 Å². The maximum absolute atomic E-state index is 13.6. The molecule has 10 nitrogen and oxygen atoms in total. The van der Waals surface area contributed by atoms with Crippen LogP contribution in [0, 0.1) is 6.92 Å². The minimum absolute atomic E-state index is 0.0123. The number of halogens is 3. The van der Waals surface area contributed by atoms with Gasteiger partial charge in [-0.3, -0.25) is 4.90 Å². The number of aromatic nitrogens is 4. The molecule has 2 atom stereocenters. The molecule has 3 aromatic heterocycles. The Morgan fingerprint density at radius 1 is 1.25 bits per heavy atom. The largest absolute Gasteiger partial charge is 0.465 e. The van der Waals surface area contributed by atoms with Gasteiger partial charge in [-0.1, -0.05) is 0 Å². The van der Waals surface area contributed by atoms with E-state index in [1.807, 2.05) is 4.90 Å². The number of thiazole rings is 1. The lowest BCUT2D eigenvalue weighted by molar-refractivity contribution is -0.139. The molecule has 2 unspecified atom stereocenters. The van der Waals surface area contributed by atoms with E-state index in [-0.39, 0.29) is 35.1 Å². The molecule has 3 fully saturated rings. The maximum atomic E-state index is 13.6. The number of alkyl halides is 3. The number of benzene rings is 1. The number of piperazine rings is 1. The van der Waals surface area contributed by atoms with E-state index in [2.05, 4.69) is 20.2 Å². The van der Waals surface area contributed by atoms with E-state index in [0.29, 0.717) is 29.2 Å². The van der Waals surface area contributed by atoms with Crippen LogP contribution in [0.5, 0.6) is 11.6 Å². The number of aryl methyl sites for hydroxylation is 1. The van der Waals surface area contributed by atoms with Crippen LogP contribution in [0.15, 0.2) is 34.2 Å². The van der Waals surface area contributed by atoms with Crippen molar-refractivity contribution in [3.8, 4) is 22.2 Å². The Balaban J connectivity index is 1.42. The van der Waals surface area contributed by atoms with Crippen LogP contribution < -0.4 is 9.64 Å². The van der Waals surface area contributed by atoms with E-state index in [9.17, 15) is 23.1 Å². The fourth-order valence-corrected chi connectivity index (χ4v) is 5.31. The number of anilines is 1. The van der Waals surface area contributed by atoms with Gasteiger partial charge in [0.15, 0.2) is 16.8 Å². The lowest BCUT2D eigenvalue weighted by Gasteiger charge is -2.54. The Kier molecular flexibility index (Phi) is 5.03. The van der Waals surface area contributed by atoms with Gasteiger partial charge in [0.1, 0.15) is 10.6 Å². The average Bonchev–Trinajstić information content (AvgIpc) is 3.50. The van der Waals surface area contributed by atoms with Crippen molar-refractivity contribution in [3.05, 3.63) is 41.0 Å². The van der Waals surface area contributed by atoms with Crippen LogP contribution in [0.4, 0.5) is 24.0 Å². The monoisotopic (exact) mass is 518 g/mol. The maximum Gasteiger partial charge on any atom is 0.421 e. The topological polar surface area (TPSA) is 118 Å². The Morgan fingerprint density at radius 3 is 2.69 bits per heavy atom. The van der Waals surface area contributed by atoms with E-state index >= 15 is 0 Å². The number of oxazole rings is 1. The molecule has 1 aromatic carbocycles. The number of hydrogen-bond donors (Lipinski definition) is 1. The number of rotatable bonds is 4. The molecule has 6 heterocycles. The molecule has 36 heavy (non-hydrogen) atoms. The number of hydrogen-bond acceptors (Lipinski definition) is 9. The molecular weight excluding hydrogens is 501 g/mol. The number of piperidine rings is 1. The normalized spacial score (nSPS) is 19.4. The third-order valence-electron chi connectivity index (χ3n) is 6.24. The molecule has 0 spiro atoms. The van der Waals surface area contributed by atoms with Crippen LogP contribution in [0.3, 0.4) is 0 Å². The highest BCUT2D eigenvalue weighted by atomic mass is 32.1. The van der Waals surface area contributed by atoms with Crippen molar-refractivity contribution in [2.24, 2.45) is 0 Å². The predicted octanol–water partition coefficient (Wildman–Crippen LogP) is 4.80. The number of amides is 1. The fraction of sp³-hybridized carbons (Fsp3) is 0.318. The molecule has 2 bridgehead atoms. The van der Waals surface area contributed by atoms with Gasteiger partial charge in [0.05, 0.1) is 23.3 Å². The number of nitrogens with zero attached hydrogens (tertiary/aromatic N) is 6. The van der Waals surface area contributed by atoms with Gasteiger partial charge in [-0.05, 0) is 31.5 Å². The van der Waals surface area contributed by atoms with Crippen molar-refractivity contribution < 1.29 is 32.2 Å². The van der Waals surface area contributed by atoms with Crippen molar-refractivity contribution in [2.45, 2.75) is 31.6 Å². The van der Waals surface area contributed by atoms with E-state index in [1.54, 1.807) is 17.6 Å². The number of fused-ring (bicyclic) bond motifs is 3. The summed E-state index contributed by atoms with van der Waals surface area (Å²) < 4.78 is 52.6. The molecule has 186 valence electrons. The first-order chi connectivity index (χ1) is 17.2. The zero-order valence-corrected chi connectivity index (χ0v) is 19.4. The van der Waals surface area contributed by atoms with Crippen LogP contribution >= 0.6 is 11.3 Å². The first-order valence-corrected chi connectivity index (χ1v) is 11.8. The average molecular weight is 518 g/mol. The lowest BCUT2D eigenvalue weighted by Crippen LogP contribution is -2.70. The SMILES string of the molecule is Cc1cc(C(F)(F)F)c(Oc2ccc(-c3nccs3)c3oc(N4CC5CC(C4)N5C(=O)O)nc23)nn1. The zero-order valence-electron chi connectivity index (χ0n) is 18.6. The third-order valence-corrected chi connectivity index (χ3v) is 7.04. The zero-order chi connectivity index (χ0) is 25.2. The third kappa shape index (κ3) is 3.68. The fourth-order valence-electron chi connectivity index (χ4n) is 4.65. The Hall–Kier alpha value is -3.94. The van der Waals surface area contributed by atoms with Crippen molar-refractivity contribution in [2.75, 3.05) is 18.0 Å². The summed E-state index contributed by atoms with van der Waals surface area (Å²) in [6, 6.07) is 3.87. The minimum Gasteiger partial charge on any atom is -0.465 e. The second kappa shape index (κ2) is 8.05. The van der Waals surface area contributed by atoms with Crippen molar-refractivity contribution in [1.82, 2.24) is 25.1 Å². The summed E-state index contributed by atoms with van der Waals surface area (Å²) in [7, 11) is 0. The van der Waals surface area contributed by atoms with Gasteiger partial charge in [0.2, 0.25) is 0 Å². The summed E-state index contributed by atoms with van der Waals surface area (Å²) in [6.07, 6.45) is -3.28. The molecule has 0 radical (unpaired) electrons. The van der Waals surface area contributed by atoms with Gasteiger partial charge in [-0.2, -0.15) is 23.3 Å². The molecule has 3 aliphatic rings. The Labute approximate surface area is 205 Å². The summed E-state index contributed by atoms with van der Waals surface area (Å²) in [6.45, 7) is 2.19. The highest BCUT2D eigenvalue weighted by molar-refractivity contribution is 7.13. The summed E-state index contributed by atoms with van der Waals surface area (Å²) in [4.78, 5) is 23.6. The lowest BCUT2D eigenvalue weighted by atomic mass is 9.88. The van der Waals surface area contributed by atoms with Crippen molar-refractivity contribution in [3.63, 3.8) is 0 Å². The van der Waals surface area contributed by atoms with Gasteiger partial charge in [0.25, 0.3) is 11.9 Å². The first kappa shape index (κ1) is 22.5. The molecule has 0 aliphatic carbocycles. The van der Waals surface area contributed by atoms with Gasteiger partial charge in [-0.25, -0.2) is 9.78 Å². The summed E-state index contributed by atoms with van der Waals surface area (Å²) in [5.74, 6) is -0.685. The Bertz CT molecular complexity index is 1460. The van der Waals surface area contributed by atoms with E-state index in [1.165, 1.54) is 29.2 Å². The summed E-state index contributed by atoms with van der Waals surface area (Å²) in [5.41, 5.74) is 0.136. The number of ether oxygens (including phenoxy) is 1. The van der Waals surface area contributed by atoms with Gasteiger partial charge >= 0.3 is 12.3 Å². The Morgan fingerprint density at radius 2 is 2.03 bits per heavy atom. The second-order valence-electron chi connectivity index (χ2n) is 8.57. The van der Waals surface area contributed by atoms with Gasteiger partial charge < -0.3 is 19.2 Å². The highest BCUT2D eigenvalue weighted by Gasteiger charge is 2.48. The number of carbonyl (C=O) groups is 1. The smallest absolute Gasteiger partial charge is 0.421 e. The van der Waals surface area contributed by atoms with Crippen LogP contribution in [-0.2, 0) is 6.18 Å². The molecule has 3 aliphatic heterocycles. The minimum atomic E-state index is -4.70. The van der Waals surface area contributed by atoms with Crippen molar-refractivity contribution >= 4 is 34.5 Å². The van der Waals surface area contributed by atoms with E-state index < -0.39 is 23.7 Å². The molecule has 1 N–H and O–H groups in total. The van der Waals surface area contributed by atoms with Gasteiger partial charge in [-0.15, -0.1) is 16.4 Å². The molecule has 4 aromatic rings. The van der Waals surface area contributed by atoms with Crippen LogP contribution in [0.2, 0.25) is 0 Å². The number of carboxylic acid groups (broad SMARTS) is 1. The molecule has 14 heteroatoms. The highest BCUT2D eigenvalue weighted by Crippen LogP contribution is 2.43. The quantitative estimate of drug-likeness (QED) is 0.406. The first-order valence-electron chi connectivity index (χ1n) is 10.9. The van der Waals surface area contributed by atoms with Crippen LogP contribution in [0.25, 0.3) is 21.7 Å². The van der Waals surface area contributed by atoms with Crippen LogP contribution in [-0.4, -0.2) is 61.4 Å². The van der Waals surface area contributed by atoms with Crippen molar-refractivity contribution in [1.29, 1.82) is 0 Å². The standard InChI is InChI=1S/C22H17F3N6O4S/c1-10-6-14(22(23,24)25)18(29-28-10)34-15-3-2-13(19-26-4-5-36-19)17-16(15)27-20(35-17)30-8-11-7-12(9-30)31(11)21(32)33/h2-6,11-12H,7-9H2,1H3,(H,32,33). The van der Waals surface area contributed by atoms with E-state index in [4.69, 9.17) is 9.15 Å².